The molecule has 0 aliphatic carbocycles. The maximum absolute atomic E-state index is 6.26. The van der Waals surface area contributed by atoms with Crippen molar-refractivity contribution in [2.45, 2.75) is 0 Å². The summed E-state index contributed by atoms with van der Waals surface area (Å²) >= 11 is 0. The fraction of sp³-hybridized carbons (Fsp3) is 0. The van der Waals surface area contributed by atoms with Crippen molar-refractivity contribution in [2.75, 3.05) is 4.90 Å². The summed E-state index contributed by atoms with van der Waals surface area (Å²) < 4.78 is 6.26. The number of nitrogens with zero attached hydrogens (tertiary/aromatic N) is 1. The lowest BCUT2D eigenvalue weighted by atomic mass is 9.91. The fourth-order valence-electron chi connectivity index (χ4n) is 8.73. The summed E-state index contributed by atoms with van der Waals surface area (Å²) in [6.07, 6.45) is 0. The van der Waals surface area contributed by atoms with Crippen LogP contribution in [-0.4, -0.2) is 0 Å². The smallest absolute Gasteiger partial charge is 0.135 e. The molecule has 0 unspecified atom stereocenters. The molecule has 10 aromatic carbocycles. The third-order valence-corrected chi connectivity index (χ3v) is 11.7. The van der Waals surface area contributed by atoms with Crippen molar-refractivity contribution in [1.82, 2.24) is 0 Å². The highest BCUT2D eigenvalue weighted by atomic mass is 16.3. The molecule has 0 spiro atoms. The van der Waals surface area contributed by atoms with Crippen LogP contribution in [0.25, 0.3) is 88.3 Å². The Morgan fingerprint density at radius 3 is 1.50 bits per heavy atom. The molecular weight excluding hydrogens is 727 g/mol. The van der Waals surface area contributed by atoms with Gasteiger partial charge in [-0.05, 0) is 104 Å². The second-order valence-electron chi connectivity index (χ2n) is 15.3. The average molecular weight is 766 g/mol. The highest BCUT2D eigenvalue weighted by Gasteiger charge is 2.22. The Balaban J connectivity index is 1.07. The van der Waals surface area contributed by atoms with Crippen LogP contribution in [0.1, 0.15) is 0 Å². The Bertz CT molecular complexity index is 3310. The van der Waals surface area contributed by atoms with Crippen LogP contribution >= 0.6 is 0 Å². The first-order valence-electron chi connectivity index (χ1n) is 20.5. The van der Waals surface area contributed by atoms with E-state index in [0.717, 1.165) is 55.7 Å². The minimum atomic E-state index is 0.886. The first kappa shape index (κ1) is 35.2. The van der Waals surface area contributed by atoms with Crippen molar-refractivity contribution >= 4 is 49.8 Å². The molecule has 0 atom stereocenters. The van der Waals surface area contributed by atoms with Crippen molar-refractivity contribution in [3.8, 4) is 55.6 Å². The Morgan fingerprint density at radius 2 is 0.750 bits per heavy atom. The minimum Gasteiger partial charge on any atom is -0.456 e. The Hall–Kier alpha value is -7.94. The van der Waals surface area contributed by atoms with Gasteiger partial charge in [-0.25, -0.2) is 0 Å². The van der Waals surface area contributed by atoms with E-state index in [4.69, 9.17) is 4.42 Å². The van der Waals surface area contributed by atoms with Gasteiger partial charge in [-0.15, -0.1) is 0 Å². The van der Waals surface area contributed by atoms with Crippen molar-refractivity contribution in [1.29, 1.82) is 0 Å². The van der Waals surface area contributed by atoms with E-state index in [1.54, 1.807) is 0 Å². The lowest BCUT2D eigenvalue weighted by Gasteiger charge is -2.30. The molecule has 2 nitrogen and oxygen atoms in total. The summed E-state index contributed by atoms with van der Waals surface area (Å²) in [5.41, 5.74) is 16.7. The van der Waals surface area contributed by atoms with E-state index in [1.165, 1.54) is 49.7 Å². The standard InChI is InChI=1S/C58H39NO/c1-2-14-40(15-3-1)42-26-28-43(29-27-42)44-32-35-48(36-33-44)59(55-23-11-8-19-50(55)47-34-37-58-54(39-47)53-22-10-13-25-57(53)60-58)56-24-12-9-21-52(56)51-20-7-6-18-49(51)46-31-30-41-16-4-5-17-45(41)38-46/h1-39H. The molecule has 11 aromatic rings. The second-order valence-corrected chi connectivity index (χ2v) is 15.3. The number of fused-ring (bicyclic) bond motifs is 4. The van der Waals surface area contributed by atoms with Crippen LogP contribution in [0.3, 0.4) is 0 Å². The average Bonchev–Trinajstić information content (AvgIpc) is 3.70. The molecule has 0 N–H and O–H groups in total. The predicted molar refractivity (Wildman–Crippen MR) is 253 cm³/mol. The largest absolute Gasteiger partial charge is 0.456 e. The SMILES string of the molecule is c1ccc(-c2ccc(-c3ccc(N(c4ccccc4-c4ccc5oc6ccccc6c5c4)c4ccccc4-c4ccccc4-c4ccc5ccccc5c4)cc3)cc2)cc1. The van der Waals surface area contributed by atoms with Gasteiger partial charge in [0, 0.05) is 27.6 Å². The van der Waals surface area contributed by atoms with Gasteiger partial charge in [0.2, 0.25) is 0 Å². The number of para-hydroxylation sites is 3. The van der Waals surface area contributed by atoms with Crippen molar-refractivity contribution in [3.63, 3.8) is 0 Å². The molecular formula is C58H39NO. The Kier molecular flexibility index (Phi) is 8.87. The summed E-state index contributed by atoms with van der Waals surface area (Å²) in [6, 6.07) is 85.0. The van der Waals surface area contributed by atoms with Gasteiger partial charge < -0.3 is 9.32 Å². The zero-order valence-electron chi connectivity index (χ0n) is 32.9. The van der Waals surface area contributed by atoms with E-state index in [1.807, 2.05) is 12.1 Å². The number of benzene rings is 10. The van der Waals surface area contributed by atoms with E-state index in [9.17, 15) is 0 Å². The van der Waals surface area contributed by atoms with E-state index in [-0.39, 0.29) is 0 Å². The molecule has 2 heteroatoms. The molecule has 0 fully saturated rings. The van der Waals surface area contributed by atoms with Gasteiger partial charge in [-0.1, -0.05) is 188 Å². The lowest BCUT2D eigenvalue weighted by Crippen LogP contribution is -2.12. The van der Waals surface area contributed by atoms with Crippen LogP contribution in [0.2, 0.25) is 0 Å². The third kappa shape index (κ3) is 6.41. The van der Waals surface area contributed by atoms with Crippen molar-refractivity contribution in [2.24, 2.45) is 0 Å². The summed E-state index contributed by atoms with van der Waals surface area (Å²) in [5, 5.41) is 4.69. The van der Waals surface area contributed by atoms with Crippen molar-refractivity contribution < 1.29 is 4.42 Å². The minimum absolute atomic E-state index is 0.886. The predicted octanol–water partition coefficient (Wildman–Crippen LogP) is 16.5. The fourth-order valence-corrected chi connectivity index (χ4v) is 8.73. The van der Waals surface area contributed by atoms with Crippen LogP contribution in [-0.2, 0) is 0 Å². The third-order valence-electron chi connectivity index (χ3n) is 11.7. The molecule has 0 radical (unpaired) electrons. The van der Waals surface area contributed by atoms with Crippen LogP contribution in [0, 0.1) is 0 Å². The molecule has 0 aliphatic heterocycles. The van der Waals surface area contributed by atoms with Gasteiger partial charge in [0.15, 0.2) is 0 Å². The summed E-state index contributed by atoms with van der Waals surface area (Å²) in [7, 11) is 0. The van der Waals surface area contributed by atoms with Gasteiger partial charge in [-0.3, -0.25) is 0 Å². The summed E-state index contributed by atoms with van der Waals surface area (Å²) in [6.45, 7) is 0. The molecule has 0 saturated heterocycles. The second kappa shape index (κ2) is 15.1. The maximum Gasteiger partial charge on any atom is 0.135 e. The lowest BCUT2D eigenvalue weighted by molar-refractivity contribution is 0.669. The summed E-state index contributed by atoms with van der Waals surface area (Å²) in [4.78, 5) is 2.43. The van der Waals surface area contributed by atoms with E-state index < -0.39 is 0 Å². The maximum atomic E-state index is 6.26. The van der Waals surface area contributed by atoms with Gasteiger partial charge in [0.25, 0.3) is 0 Å². The van der Waals surface area contributed by atoms with Gasteiger partial charge >= 0.3 is 0 Å². The molecule has 0 saturated carbocycles. The van der Waals surface area contributed by atoms with Gasteiger partial charge in [0.1, 0.15) is 11.2 Å². The molecule has 11 rings (SSSR count). The topological polar surface area (TPSA) is 16.4 Å². The van der Waals surface area contributed by atoms with Gasteiger partial charge in [-0.2, -0.15) is 0 Å². The molecule has 60 heavy (non-hydrogen) atoms. The zero-order valence-corrected chi connectivity index (χ0v) is 32.9. The van der Waals surface area contributed by atoms with E-state index in [2.05, 4.69) is 229 Å². The quantitative estimate of drug-likeness (QED) is 0.153. The van der Waals surface area contributed by atoms with Crippen LogP contribution < -0.4 is 4.90 Å². The molecule has 0 bridgehead atoms. The molecule has 0 amide bonds. The van der Waals surface area contributed by atoms with Crippen molar-refractivity contribution in [3.05, 3.63) is 237 Å². The highest BCUT2D eigenvalue weighted by Crippen LogP contribution is 2.47. The van der Waals surface area contributed by atoms with Crippen LogP contribution in [0.15, 0.2) is 241 Å². The number of hydrogen-bond acceptors (Lipinski definition) is 2. The Labute approximate surface area is 349 Å². The molecule has 1 heterocycles. The zero-order chi connectivity index (χ0) is 39.8. The van der Waals surface area contributed by atoms with Crippen LogP contribution in [0.5, 0.6) is 0 Å². The molecule has 0 aliphatic rings. The molecule has 282 valence electrons. The summed E-state index contributed by atoms with van der Waals surface area (Å²) in [5.74, 6) is 0. The number of anilines is 3. The first-order chi connectivity index (χ1) is 29.7. The highest BCUT2D eigenvalue weighted by molar-refractivity contribution is 6.07. The monoisotopic (exact) mass is 765 g/mol. The first-order valence-corrected chi connectivity index (χ1v) is 20.5. The van der Waals surface area contributed by atoms with E-state index in [0.29, 0.717) is 0 Å². The van der Waals surface area contributed by atoms with Crippen LogP contribution in [0.4, 0.5) is 17.1 Å². The Morgan fingerprint density at radius 1 is 0.267 bits per heavy atom. The van der Waals surface area contributed by atoms with E-state index >= 15 is 0 Å². The number of rotatable bonds is 8. The van der Waals surface area contributed by atoms with Gasteiger partial charge in [0.05, 0.1) is 11.4 Å². The number of hydrogen-bond donors (Lipinski definition) is 0. The normalized spacial score (nSPS) is 11.3. The molecule has 1 aromatic heterocycles. The number of furan rings is 1.